The molecule has 0 N–H and O–H groups in total. The van der Waals surface area contributed by atoms with E-state index in [0.29, 0.717) is 17.4 Å². The van der Waals surface area contributed by atoms with E-state index in [4.69, 9.17) is 0 Å². The number of rotatable bonds is 5. The van der Waals surface area contributed by atoms with Crippen LogP contribution < -0.4 is 4.90 Å². The normalized spacial score (nSPS) is 11.4. The number of hydrogen-bond donors (Lipinski definition) is 0. The second kappa shape index (κ2) is 6.70. The topological polar surface area (TPSA) is 54.3 Å². The molecule has 0 spiro atoms. The Bertz CT molecular complexity index is 867. The minimum Gasteiger partial charge on any atom is -0.308 e. The molecule has 3 rings (SSSR count). The maximum Gasteiger partial charge on any atom is 0.280 e. The summed E-state index contributed by atoms with van der Waals surface area (Å²) in [6.07, 6.45) is 1.78. The number of thiazole rings is 1. The molecule has 0 radical (unpaired) electrons. The van der Waals surface area contributed by atoms with Gasteiger partial charge in [0, 0.05) is 26.3 Å². The number of carbonyl (C=O) groups is 1. The smallest absolute Gasteiger partial charge is 0.280 e. The molecule has 0 unspecified atom stereocenters. The standard InChI is InChI=1S/C17H21N5OS/c1-12-5-6-13-15(11-12)24-17(18-13)22(10-9-20(2)3)16(23)14-7-8-21(4)19-14/h5-8,11H,9-10H2,1-4H3. The monoisotopic (exact) mass is 343 g/mol. The average molecular weight is 343 g/mol. The highest BCUT2D eigenvalue weighted by Gasteiger charge is 2.23. The molecular formula is C17H21N5OS. The molecule has 2 aromatic heterocycles. The molecule has 0 aliphatic rings. The fourth-order valence-corrected chi connectivity index (χ4v) is 3.47. The first kappa shape index (κ1) is 16.6. The maximum absolute atomic E-state index is 12.9. The summed E-state index contributed by atoms with van der Waals surface area (Å²) in [6, 6.07) is 7.88. The molecule has 1 aromatic carbocycles. The molecule has 7 heteroatoms. The van der Waals surface area contributed by atoms with Gasteiger partial charge in [-0.15, -0.1) is 0 Å². The van der Waals surface area contributed by atoms with Gasteiger partial charge < -0.3 is 4.90 Å². The van der Waals surface area contributed by atoms with Crippen molar-refractivity contribution < 1.29 is 4.79 Å². The third kappa shape index (κ3) is 3.47. The number of carbonyl (C=O) groups excluding carboxylic acids is 1. The zero-order chi connectivity index (χ0) is 17.3. The molecule has 2 heterocycles. The number of aryl methyl sites for hydroxylation is 2. The van der Waals surface area contributed by atoms with Crippen LogP contribution in [0.3, 0.4) is 0 Å². The van der Waals surface area contributed by atoms with Crippen LogP contribution in [-0.4, -0.2) is 52.8 Å². The van der Waals surface area contributed by atoms with E-state index in [9.17, 15) is 4.79 Å². The van der Waals surface area contributed by atoms with Crippen molar-refractivity contribution in [2.24, 2.45) is 7.05 Å². The van der Waals surface area contributed by atoms with Gasteiger partial charge in [0.05, 0.1) is 10.2 Å². The molecule has 0 atom stereocenters. The molecule has 0 aliphatic carbocycles. The summed E-state index contributed by atoms with van der Waals surface area (Å²) in [5, 5.41) is 4.96. The molecule has 24 heavy (non-hydrogen) atoms. The lowest BCUT2D eigenvalue weighted by Gasteiger charge is -2.21. The van der Waals surface area contributed by atoms with Crippen molar-refractivity contribution in [3.05, 3.63) is 41.7 Å². The highest BCUT2D eigenvalue weighted by Crippen LogP contribution is 2.30. The quantitative estimate of drug-likeness (QED) is 0.714. The highest BCUT2D eigenvalue weighted by atomic mass is 32.1. The summed E-state index contributed by atoms with van der Waals surface area (Å²) < 4.78 is 2.73. The van der Waals surface area contributed by atoms with Crippen LogP contribution in [0.2, 0.25) is 0 Å². The Kier molecular flexibility index (Phi) is 4.64. The predicted octanol–water partition coefficient (Wildman–Crippen LogP) is 2.55. The summed E-state index contributed by atoms with van der Waals surface area (Å²) in [7, 11) is 5.79. The summed E-state index contributed by atoms with van der Waals surface area (Å²) >= 11 is 1.54. The van der Waals surface area contributed by atoms with E-state index >= 15 is 0 Å². The van der Waals surface area contributed by atoms with E-state index in [1.165, 1.54) is 5.56 Å². The predicted molar refractivity (Wildman–Crippen MR) is 97.8 cm³/mol. The Morgan fingerprint density at radius 1 is 1.25 bits per heavy atom. The lowest BCUT2D eigenvalue weighted by Crippen LogP contribution is -2.37. The van der Waals surface area contributed by atoms with Gasteiger partial charge >= 0.3 is 0 Å². The summed E-state index contributed by atoms with van der Waals surface area (Å²) in [5.74, 6) is -0.117. The van der Waals surface area contributed by atoms with Crippen LogP contribution in [0.5, 0.6) is 0 Å². The second-order valence-electron chi connectivity index (χ2n) is 6.10. The Balaban J connectivity index is 1.97. The second-order valence-corrected chi connectivity index (χ2v) is 7.11. The first-order valence-electron chi connectivity index (χ1n) is 7.77. The van der Waals surface area contributed by atoms with Crippen molar-refractivity contribution in [3.8, 4) is 0 Å². The Morgan fingerprint density at radius 2 is 2.04 bits per heavy atom. The van der Waals surface area contributed by atoms with Gasteiger partial charge in [-0.05, 0) is 44.8 Å². The van der Waals surface area contributed by atoms with Gasteiger partial charge in [-0.1, -0.05) is 17.4 Å². The first-order valence-corrected chi connectivity index (χ1v) is 8.59. The van der Waals surface area contributed by atoms with Crippen molar-refractivity contribution in [2.45, 2.75) is 6.92 Å². The molecule has 126 valence electrons. The minimum atomic E-state index is -0.117. The zero-order valence-corrected chi connectivity index (χ0v) is 15.2. The molecule has 0 saturated heterocycles. The Morgan fingerprint density at radius 3 is 2.71 bits per heavy atom. The summed E-state index contributed by atoms with van der Waals surface area (Å²) in [4.78, 5) is 21.3. The minimum absolute atomic E-state index is 0.117. The molecule has 0 aliphatic heterocycles. The van der Waals surface area contributed by atoms with Crippen LogP contribution in [0, 0.1) is 6.92 Å². The Hall–Kier alpha value is -2.25. The molecule has 0 bridgehead atoms. The Labute approximate surface area is 145 Å². The van der Waals surface area contributed by atoms with Gasteiger partial charge in [0.1, 0.15) is 0 Å². The third-order valence-electron chi connectivity index (χ3n) is 3.71. The van der Waals surface area contributed by atoms with Gasteiger partial charge in [0.2, 0.25) is 0 Å². The number of amides is 1. The van der Waals surface area contributed by atoms with E-state index in [2.05, 4.69) is 28.0 Å². The van der Waals surface area contributed by atoms with Crippen LogP contribution in [-0.2, 0) is 7.05 Å². The van der Waals surface area contributed by atoms with Crippen LogP contribution >= 0.6 is 11.3 Å². The van der Waals surface area contributed by atoms with E-state index in [1.807, 2.05) is 26.2 Å². The molecule has 6 nitrogen and oxygen atoms in total. The lowest BCUT2D eigenvalue weighted by atomic mass is 10.2. The number of likely N-dealkylation sites (N-methyl/N-ethyl adjacent to an activating group) is 1. The maximum atomic E-state index is 12.9. The summed E-state index contributed by atoms with van der Waals surface area (Å²) in [5.41, 5.74) is 2.55. The molecule has 3 aromatic rings. The number of fused-ring (bicyclic) bond motifs is 1. The van der Waals surface area contributed by atoms with E-state index in [-0.39, 0.29) is 5.91 Å². The van der Waals surface area contributed by atoms with Gasteiger partial charge in [-0.3, -0.25) is 14.4 Å². The number of anilines is 1. The lowest BCUT2D eigenvalue weighted by molar-refractivity contribution is 0.0979. The van der Waals surface area contributed by atoms with E-state index in [1.54, 1.807) is 40.2 Å². The third-order valence-corrected chi connectivity index (χ3v) is 4.75. The van der Waals surface area contributed by atoms with Crippen molar-refractivity contribution in [2.75, 3.05) is 32.1 Å². The SMILES string of the molecule is Cc1ccc2nc(N(CCN(C)C)C(=O)c3ccn(C)n3)sc2c1. The fraction of sp³-hybridized carbons (Fsp3) is 0.353. The average Bonchev–Trinajstić information content (AvgIpc) is 3.12. The van der Waals surface area contributed by atoms with Gasteiger partial charge in [-0.25, -0.2) is 4.98 Å². The van der Waals surface area contributed by atoms with Crippen molar-refractivity contribution >= 4 is 32.6 Å². The van der Waals surface area contributed by atoms with E-state index < -0.39 is 0 Å². The van der Waals surface area contributed by atoms with Crippen LogP contribution in [0.25, 0.3) is 10.2 Å². The van der Waals surface area contributed by atoms with Gasteiger partial charge in [-0.2, -0.15) is 5.10 Å². The van der Waals surface area contributed by atoms with Crippen LogP contribution in [0.4, 0.5) is 5.13 Å². The van der Waals surface area contributed by atoms with Crippen LogP contribution in [0.1, 0.15) is 16.1 Å². The van der Waals surface area contributed by atoms with Gasteiger partial charge in [0.25, 0.3) is 5.91 Å². The van der Waals surface area contributed by atoms with Crippen molar-refractivity contribution in [1.29, 1.82) is 0 Å². The number of benzene rings is 1. The van der Waals surface area contributed by atoms with Crippen molar-refractivity contribution in [3.63, 3.8) is 0 Å². The largest absolute Gasteiger partial charge is 0.308 e. The number of aromatic nitrogens is 3. The van der Waals surface area contributed by atoms with E-state index in [0.717, 1.165) is 16.8 Å². The molecule has 0 saturated carbocycles. The molecule has 1 amide bonds. The van der Waals surface area contributed by atoms with Gasteiger partial charge in [0.15, 0.2) is 10.8 Å². The fourth-order valence-electron chi connectivity index (χ4n) is 2.39. The highest BCUT2D eigenvalue weighted by molar-refractivity contribution is 7.22. The van der Waals surface area contributed by atoms with Crippen LogP contribution in [0.15, 0.2) is 30.5 Å². The molecule has 0 fully saturated rings. The number of nitrogens with zero attached hydrogens (tertiary/aromatic N) is 5. The summed E-state index contributed by atoms with van der Waals surface area (Å²) in [6.45, 7) is 3.39. The zero-order valence-electron chi connectivity index (χ0n) is 14.4. The first-order chi connectivity index (χ1) is 11.4. The molecular weight excluding hydrogens is 322 g/mol. The van der Waals surface area contributed by atoms with Crippen molar-refractivity contribution in [1.82, 2.24) is 19.7 Å². The number of hydrogen-bond acceptors (Lipinski definition) is 5.